The average molecular weight is 282 g/mol. The number of allylic oxidation sites excluding steroid dienone is 1. The molecule has 2 N–H and O–H groups in total. The van der Waals surface area contributed by atoms with Crippen molar-refractivity contribution in [2.24, 2.45) is 5.73 Å². The van der Waals surface area contributed by atoms with Crippen molar-refractivity contribution < 1.29 is 8.42 Å². The Bertz CT molecular complexity index is 538. The number of rotatable bonds is 7. The van der Waals surface area contributed by atoms with Crippen molar-refractivity contribution in [2.45, 2.75) is 31.2 Å². The number of benzene rings is 1. The fraction of sp³-hybridized carbons (Fsp3) is 0.429. The van der Waals surface area contributed by atoms with Crippen LogP contribution in [0.4, 0.5) is 0 Å². The second-order valence-corrected chi connectivity index (χ2v) is 6.52. The normalized spacial score (nSPS) is 11.8. The van der Waals surface area contributed by atoms with Crippen LogP contribution in [-0.4, -0.2) is 26.3 Å². The molecular formula is C14H22N2O2S. The number of nitrogens with two attached hydrogens (primary N) is 1. The van der Waals surface area contributed by atoms with Crippen LogP contribution in [0, 0.1) is 6.92 Å². The van der Waals surface area contributed by atoms with Crippen LogP contribution in [0.15, 0.2) is 35.7 Å². The van der Waals surface area contributed by atoms with Gasteiger partial charge >= 0.3 is 0 Å². The summed E-state index contributed by atoms with van der Waals surface area (Å²) >= 11 is 0. The highest BCUT2D eigenvalue weighted by Gasteiger charge is 2.22. The summed E-state index contributed by atoms with van der Waals surface area (Å²) < 4.78 is 26.3. The van der Waals surface area contributed by atoms with Crippen molar-refractivity contribution in [1.29, 1.82) is 0 Å². The number of unbranched alkanes of at least 4 members (excludes halogenated alkanes) is 1. The Morgan fingerprint density at radius 3 is 2.68 bits per heavy atom. The van der Waals surface area contributed by atoms with Crippen LogP contribution in [-0.2, 0) is 16.6 Å². The summed E-state index contributed by atoms with van der Waals surface area (Å²) in [6.07, 6.45) is 3.37. The molecule has 0 unspecified atom stereocenters. The monoisotopic (exact) mass is 282 g/mol. The Labute approximate surface area is 116 Å². The second-order valence-electron chi connectivity index (χ2n) is 4.50. The zero-order valence-electron chi connectivity index (χ0n) is 11.6. The van der Waals surface area contributed by atoms with Gasteiger partial charge in [-0.3, -0.25) is 0 Å². The van der Waals surface area contributed by atoms with Crippen LogP contribution in [0.3, 0.4) is 0 Å². The van der Waals surface area contributed by atoms with E-state index in [2.05, 4.69) is 6.58 Å². The number of hydrogen-bond donors (Lipinski definition) is 1. The molecule has 0 spiro atoms. The number of sulfonamides is 1. The van der Waals surface area contributed by atoms with Gasteiger partial charge in [-0.25, -0.2) is 12.7 Å². The maximum absolute atomic E-state index is 12.5. The van der Waals surface area contributed by atoms with Crippen molar-refractivity contribution in [2.75, 3.05) is 13.6 Å². The molecule has 0 saturated carbocycles. The molecule has 0 aromatic heterocycles. The van der Waals surface area contributed by atoms with E-state index in [1.165, 1.54) is 4.31 Å². The molecule has 5 heteroatoms. The smallest absolute Gasteiger partial charge is 0.243 e. The molecule has 106 valence electrons. The number of nitrogens with zero attached hydrogens (tertiary/aromatic N) is 1. The Morgan fingerprint density at radius 2 is 2.11 bits per heavy atom. The van der Waals surface area contributed by atoms with Gasteiger partial charge in [-0.2, -0.15) is 0 Å². The first-order valence-electron chi connectivity index (χ1n) is 6.31. The largest absolute Gasteiger partial charge is 0.326 e. The molecule has 0 fully saturated rings. The van der Waals surface area contributed by atoms with Gasteiger partial charge in [-0.05, 0) is 37.0 Å². The maximum Gasteiger partial charge on any atom is 0.243 e. The zero-order valence-corrected chi connectivity index (χ0v) is 12.4. The van der Waals surface area contributed by atoms with Gasteiger partial charge in [0.1, 0.15) is 0 Å². The minimum absolute atomic E-state index is 0.343. The molecule has 0 heterocycles. The SMILES string of the molecule is C=CCCCN(C)S(=O)(=O)c1cccc(CN)c1C. The summed E-state index contributed by atoms with van der Waals surface area (Å²) in [5.74, 6) is 0. The standard InChI is InChI=1S/C14H22N2O2S/c1-4-5-6-10-16(3)19(17,18)14-9-7-8-13(11-15)12(14)2/h4,7-9H,1,5-6,10-11,15H2,2-3H3. The first-order chi connectivity index (χ1) is 8.95. The van der Waals surface area contributed by atoms with Gasteiger partial charge in [-0.1, -0.05) is 18.2 Å². The second kappa shape index (κ2) is 6.84. The van der Waals surface area contributed by atoms with Crippen LogP contribution in [0.25, 0.3) is 0 Å². The van der Waals surface area contributed by atoms with Crippen molar-refractivity contribution >= 4 is 10.0 Å². The van der Waals surface area contributed by atoms with E-state index in [0.29, 0.717) is 18.0 Å². The molecule has 0 aliphatic heterocycles. The lowest BCUT2D eigenvalue weighted by Crippen LogP contribution is -2.28. The lowest BCUT2D eigenvalue weighted by Gasteiger charge is -2.19. The highest BCUT2D eigenvalue weighted by atomic mass is 32.2. The van der Waals surface area contributed by atoms with Gasteiger partial charge in [0, 0.05) is 20.1 Å². The van der Waals surface area contributed by atoms with Crippen LogP contribution in [0.1, 0.15) is 24.0 Å². The van der Waals surface area contributed by atoms with E-state index in [9.17, 15) is 8.42 Å². The van der Waals surface area contributed by atoms with Crippen LogP contribution in [0.2, 0.25) is 0 Å². The van der Waals surface area contributed by atoms with Crippen molar-refractivity contribution in [3.05, 3.63) is 42.0 Å². The fourth-order valence-electron chi connectivity index (χ4n) is 1.91. The molecule has 0 aliphatic carbocycles. The summed E-state index contributed by atoms with van der Waals surface area (Å²) in [6.45, 7) is 6.26. The van der Waals surface area contributed by atoms with Crippen LogP contribution < -0.4 is 5.73 Å². The van der Waals surface area contributed by atoms with Gasteiger partial charge in [0.15, 0.2) is 0 Å². The van der Waals surface area contributed by atoms with E-state index >= 15 is 0 Å². The summed E-state index contributed by atoms with van der Waals surface area (Å²) in [5, 5.41) is 0. The Hall–Kier alpha value is -1.17. The molecule has 0 saturated heterocycles. The van der Waals surface area contributed by atoms with E-state index in [4.69, 9.17) is 5.73 Å². The lowest BCUT2D eigenvalue weighted by atomic mass is 10.1. The molecule has 0 radical (unpaired) electrons. The van der Waals surface area contributed by atoms with Gasteiger partial charge < -0.3 is 5.73 Å². The van der Waals surface area contributed by atoms with Gasteiger partial charge in [0.05, 0.1) is 4.90 Å². The Balaban J connectivity index is 3.03. The molecule has 1 aromatic rings. The van der Waals surface area contributed by atoms with Crippen molar-refractivity contribution in [1.82, 2.24) is 4.31 Å². The third kappa shape index (κ3) is 3.65. The minimum atomic E-state index is -3.44. The van der Waals surface area contributed by atoms with Crippen molar-refractivity contribution in [3.63, 3.8) is 0 Å². The lowest BCUT2D eigenvalue weighted by molar-refractivity contribution is 0.462. The topological polar surface area (TPSA) is 63.4 Å². The molecule has 0 amide bonds. The highest BCUT2D eigenvalue weighted by molar-refractivity contribution is 7.89. The van der Waals surface area contributed by atoms with E-state index in [1.54, 1.807) is 32.2 Å². The van der Waals surface area contributed by atoms with Gasteiger partial charge in [0.25, 0.3) is 0 Å². The Kier molecular flexibility index (Phi) is 5.72. The van der Waals surface area contributed by atoms with E-state index in [1.807, 2.05) is 6.07 Å². The third-order valence-electron chi connectivity index (χ3n) is 3.19. The predicted octanol–water partition coefficient (Wildman–Crippen LogP) is 2.04. The van der Waals surface area contributed by atoms with E-state index in [0.717, 1.165) is 24.0 Å². The molecule has 19 heavy (non-hydrogen) atoms. The molecule has 0 atom stereocenters. The number of hydrogen-bond acceptors (Lipinski definition) is 3. The summed E-state index contributed by atoms with van der Waals surface area (Å²) in [4.78, 5) is 0.344. The average Bonchev–Trinajstić information content (AvgIpc) is 2.38. The quantitative estimate of drug-likeness (QED) is 0.615. The van der Waals surface area contributed by atoms with Gasteiger partial charge in [0.2, 0.25) is 10.0 Å². The van der Waals surface area contributed by atoms with E-state index in [-0.39, 0.29) is 0 Å². The molecule has 4 nitrogen and oxygen atoms in total. The fourth-order valence-corrected chi connectivity index (χ4v) is 3.38. The summed E-state index contributed by atoms with van der Waals surface area (Å²) in [6, 6.07) is 5.22. The van der Waals surface area contributed by atoms with Crippen molar-refractivity contribution in [3.8, 4) is 0 Å². The van der Waals surface area contributed by atoms with E-state index < -0.39 is 10.0 Å². The minimum Gasteiger partial charge on any atom is -0.326 e. The van der Waals surface area contributed by atoms with Gasteiger partial charge in [-0.15, -0.1) is 6.58 Å². The predicted molar refractivity (Wildman–Crippen MR) is 78.3 cm³/mol. The molecule has 1 aromatic carbocycles. The summed E-state index contributed by atoms with van der Waals surface area (Å²) in [5.41, 5.74) is 7.22. The Morgan fingerprint density at radius 1 is 1.42 bits per heavy atom. The zero-order chi connectivity index (χ0) is 14.5. The first kappa shape index (κ1) is 15.9. The highest BCUT2D eigenvalue weighted by Crippen LogP contribution is 2.21. The third-order valence-corrected chi connectivity index (χ3v) is 5.19. The molecular weight excluding hydrogens is 260 g/mol. The molecule has 0 aliphatic rings. The molecule has 1 rings (SSSR count). The maximum atomic E-state index is 12.5. The summed E-state index contributed by atoms with van der Waals surface area (Å²) in [7, 11) is -1.84. The van der Waals surface area contributed by atoms with Crippen LogP contribution in [0.5, 0.6) is 0 Å². The van der Waals surface area contributed by atoms with Crippen LogP contribution >= 0.6 is 0 Å². The first-order valence-corrected chi connectivity index (χ1v) is 7.75. The molecule has 0 bridgehead atoms.